The maximum Gasteiger partial charge on any atom is 0.193 e. The normalized spacial score (nSPS) is 10.7. The van der Waals surface area contributed by atoms with Crippen LogP contribution in [0.25, 0.3) is 6.08 Å². The number of carbonyl (C=O) groups is 2. The first-order chi connectivity index (χ1) is 12.1. The van der Waals surface area contributed by atoms with E-state index in [-0.39, 0.29) is 17.3 Å². The van der Waals surface area contributed by atoms with Crippen LogP contribution < -0.4 is 0 Å². The lowest BCUT2D eigenvalue weighted by Gasteiger charge is -2.03. The van der Waals surface area contributed by atoms with E-state index in [1.54, 1.807) is 42.5 Å². The summed E-state index contributed by atoms with van der Waals surface area (Å²) in [6.45, 7) is 0. The van der Waals surface area contributed by atoms with Crippen LogP contribution >= 0.6 is 0 Å². The van der Waals surface area contributed by atoms with Gasteiger partial charge < -0.3 is 5.11 Å². The van der Waals surface area contributed by atoms with Crippen molar-refractivity contribution in [3.05, 3.63) is 107 Å². The minimum absolute atomic E-state index is 0.114. The molecule has 0 bridgehead atoms. The number of hydrogen-bond acceptors (Lipinski definition) is 3. The lowest BCUT2D eigenvalue weighted by Crippen LogP contribution is -2.02. The second kappa shape index (κ2) is 7.41. The summed E-state index contributed by atoms with van der Waals surface area (Å²) in [5.74, 6) is -0.158. The summed E-state index contributed by atoms with van der Waals surface area (Å²) >= 11 is 0. The highest BCUT2D eigenvalue weighted by molar-refractivity contribution is 6.10. The van der Waals surface area contributed by atoms with Crippen molar-refractivity contribution in [3.63, 3.8) is 0 Å². The molecule has 0 heterocycles. The van der Waals surface area contributed by atoms with Gasteiger partial charge in [-0.3, -0.25) is 9.59 Å². The van der Waals surface area contributed by atoms with Crippen molar-refractivity contribution in [2.75, 3.05) is 0 Å². The van der Waals surface area contributed by atoms with Crippen molar-refractivity contribution in [2.45, 2.75) is 0 Å². The van der Waals surface area contributed by atoms with Crippen LogP contribution in [0, 0.1) is 0 Å². The van der Waals surface area contributed by atoms with E-state index in [1.165, 1.54) is 18.2 Å². The molecule has 0 radical (unpaired) electrons. The van der Waals surface area contributed by atoms with Gasteiger partial charge in [0, 0.05) is 16.7 Å². The molecule has 0 aliphatic carbocycles. The third-order valence-electron chi connectivity index (χ3n) is 3.79. The van der Waals surface area contributed by atoms with Gasteiger partial charge in [-0.2, -0.15) is 0 Å². The Kier molecular flexibility index (Phi) is 4.86. The Morgan fingerprint density at radius 2 is 1.20 bits per heavy atom. The smallest absolute Gasteiger partial charge is 0.193 e. The van der Waals surface area contributed by atoms with E-state index in [0.29, 0.717) is 16.7 Å². The van der Waals surface area contributed by atoms with E-state index in [9.17, 15) is 14.7 Å². The molecule has 3 heteroatoms. The van der Waals surface area contributed by atoms with Crippen LogP contribution in [0.2, 0.25) is 0 Å². The standard InChI is InChI=1S/C22H16O3/c23-20-13-11-19(12-14-20)22(25)18-9-7-17(8-10-18)21(24)15-6-16-4-2-1-3-5-16/h1-15,23H. The summed E-state index contributed by atoms with van der Waals surface area (Å²) < 4.78 is 0. The lowest BCUT2D eigenvalue weighted by atomic mass is 10.0. The van der Waals surface area contributed by atoms with Gasteiger partial charge >= 0.3 is 0 Å². The number of phenols is 1. The number of carbonyl (C=O) groups excluding carboxylic acids is 2. The van der Waals surface area contributed by atoms with Crippen LogP contribution in [0.1, 0.15) is 31.8 Å². The summed E-state index contributed by atoms with van der Waals surface area (Å²) in [6, 6.07) is 22.2. The molecule has 0 spiro atoms. The van der Waals surface area contributed by atoms with E-state index in [2.05, 4.69) is 0 Å². The number of allylic oxidation sites excluding steroid dienone is 1. The van der Waals surface area contributed by atoms with Gasteiger partial charge in [0.05, 0.1) is 0 Å². The Labute approximate surface area is 145 Å². The van der Waals surface area contributed by atoms with Crippen LogP contribution in [0.5, 0.6) is 5.75 Å². The van der Waals surface area contributed by atoms with Gasteiger partial charge in [-0.1, -0.05) is 60.7 Å². The summed E-state index contributed by atoms with van der Waals surface area (Å²) in [5, 5.41) is 9.28. The maximum absolute atomic E-state index is 12.4. The minimum atomic E-state index is -0.154. The first-order valence-corrected chi connectivity index (χ1v) is 7.85. The number of hydrogen-bond donors (Lipinski definition) is 1. The number of aromatic hydroxyl groups is 1. The fraction of sp³-hybridized carbons (Fsp3) is 0. The molecule has 3 nitrogen and oxygen atoms in total. The zero-order valence-electron chi connectivity index (χ0n) is 13.4. The van der Waals surface area contributed by atoms with Crippen molar-refractivity contribution < 1.29 is 14.7 Å². The maximum atomic E-state index is 12.4. The molecule has 0 aromatic heterocycles. The van der Waals surface area contributed by atoms with E-state index in [4.69, 9.17) is 0 Å². The molecular weight excluding hydrogens is 312 g/mol. The molecule has 3 aromatic rings. The number of ketones is 2. The Morgan fingerprint density at radius 1 is 0.680 bits per heavy atom. The van der Waals surface area contributed by atoms with E-state index in [0.717, 1.165) is 5.56 Å². The number of benzene rings is 3. The Hall–Kier alpha value is -3.46. The summed E-state index contributed by atoms with van der Waals surface area (Å²) in [7, 11) is 0. The molecule has 122 valence electrons. The molecule has 0 unspecified atom stereocenters. The summed E-state index contributed by atoms with van der Waals surface area (Å²) in [5.41, 5.74) is 2.46. The summed E-state index contributed by atoms with van der Waals surface area (Å²) in [4.78, 5) is 24.6. The van der Waals surface area contributed by atoms with Gasteiger partial charge in [0.15, 0.2) is 11.6 Å². The molecule has 0 aliphatic rings. The topological polar surface area (TPSA) is 54.4 Å². The highest BCUT2D eigenvalue weighted by Crippen LogP contribution is 2.15. The SMILES string of the molecule is O=C(C=Cc1ccccc1)c1ccc(C(=O)c2ccc(O)cc2)cc1. The summed E-state index contributed by atoms with van der Waals surface area (Å²) in [6.07, 6.45) is 3.28. The third-order valence-corrected chi connectivity index (χ3v) is 3.79. The first kappa shape index (κ1) is 16.4. The van der Waals surface area contributed by atoms with E-state index in [1.807, 2.05) is 30.3 Å². The predicted octanol–water partition coefficient (Wildman–Crippen LogP) is 4.52. The van der Waals surface area contributed by atoms with E-state index < -0.39 is 0 Å². The van der Waals surface area contributed by atoms with Crippen molar-refractivity contribution in [2.24, 2.45) is 0 Å². The van der Waals surface area contributed by atoms with Crippen LogP contribution in [0.3, 0.4) is 0 Å². The minimum Gasteiger partial charge on any atom is -0.508 e. The van der Waals surface area contributed by atoms with Crippen molar-refractivity contribution in [1.82, 2.24) is 0 Å². The zero-order chi connectivity index (χ0) is 17.6. The predicted molar refractivity (Wildman–Crippen MR) is 97.8 cm³/mol. The van der Waals surface area contributed by atoms with Gasteiger partial charge in [0.1, 0.15) is 5.75 Å². The van der Waals surface area contributed by atoms with Crippen molar-refractivity contribution >= 4 is 17.6 Å². The van der Waals surface area contributed by atoms with Crippen molar-refractivity contribution in [1.29, 1.82) is 0 Å². The fourth-order valence-electron chi connectivity index (χ4n) is 2.40. The van der Waals surface area contributed by atoms with E-state index >= 15 is 0 Å². The molecule has 0 saturated carbocycles. The van der Waals surface area contributed by atoms with Crippen LogP contribution in [-0.4, -0.2) is 16.7 Å². The molecule has 0 amide bonds. The molecule has 0 saturated heterocycles. The molecule has 25 heavy (non-hydrogen) atoms. The Morgan fingerprint density at radius 3 is 1.80 bits per heavy atom. The van der Waals surface area contributed by atoms with Crippen molar-refractivity contribution in [3.8, 4) is 5.75 Å². The first-order valence-electron chi connectivity index (χ1n) is 7.85. The Balaban J connectivity index is 1.73. The van der Waals surface area contributed by atoms with Crippen LogP contribution in [0.15, 0.2) is 84.9 Å². The second-order valence-corrected chi connectivity index (χ2v) is 5.56. The van der Waals surface area contributed by atoms with Gasteiger partial charge in [0.2, 0.25) is 0 Å². The molecule has 0 aliphatic heterocycles. The van der Waals surface area contributed by atoms with Gasteiger partial charge in [-0.15, -0.1) is 0 Å². The van der Waals surface area contributed by atoms with Crippen LogP contribution in [0.4, 0.5) is 0 Å². The molecular formula is C22H16O3. The molecule has 0 atom stereocenters. The average Bonchev–Trinajstić information content (AvgIpc) is 2.67. The zero-order valence-corrected chi connectivity index (χ0v) is 13.4. The fourth-order valence-corrected chi connectivity index (χ4v) is 2.40. The molecule has 3 aromatic carbocycles. The molecule has 1 N–H and O–H groups in total. The number of phenolic OH excluding ortho intramolecular Hbond substituents is 1. The van der Waals surface area contributed by atoms with Gasteiger partial charge in [0.25, 0.3) is 0 Å². The second-order valence-electron chi connectivity index (χ2n) is 5.56. The quantitative estimate of drug-likeness (QED) is 0.553. The van der Waals surface area contributed by atoms with Crippen LogP contribution in [-0.2, 0) is 0 Å². The van der Waals surface area contributed by atoms with Gasteiger partial charge in [-0.25, -0.2) is 0 Å². The molecule has 3 rings (SSSR count). The highest BCUT2D eigenvalue weighted by Gasteiger charge is 2.10. The molecule has 0 fully saturated rings. The highest BCUT2D eigenvalue weighted by atomic mass is 16.3. The largest absolute Gasteiger partial charge is 0.508 e. The Bertz CT molecular complexity index is 906. The number of rotatable bonds is 5. The van der Waals surface area contributed by atoms with Gasteiger partial charge in [-0.05, 0) is 35.9 Å². The lowest BCUT2D eigenvalue weighted by molar-refractivity contribution is 0.103. The monoisotopic (exact) mass is 328 g/mol. The third kappa shape index (κ3) is 4.09. The average molecular weight is 328 g/mol.